The molecule has 2 heterocycles. The van der Waals surface area contributed by atoms with Crippen LogP contribution in [0.4, 0.5) is 0 Å². The molecule has 1 N–H and O–H groups in total. The number of sulfonamides is 1. The molecule has 31 heavy (non-hydrogen) atoms. The maximum Gasteiger partial charge on any atom is 0.240 e. The summed E-state index contributed by atoms with van der Waals surface area (Å²) in [6.45, 7) is 2.79. The fourth-order valence-electron chi connectivity index (χ4n) is 3.10. The SMILES string of the molecule is CCOc1ccc(Oc2ccc(S(=O)(=O)NCCc3cn4ccccc4n3)cc2)cc1. The molecule has 0 saturated heterocycles. The maximum atomic E-state index is 12.6. The van der Waals surface area contributed by atoms with E-state index < -0.39 is 10.0 Å². The van der Waals surface area contributed by atoms with E-state index in [1.54, 1.807) is 24.3 Å². The van der Waals surface area contributed by atoms with Gasteiger partial charge < -0.3 is 13.9 Å². The fraction of sp³-hybridized carbons (Fsp3) is 0.174. The molecule has 0 unspecified atom stereocenters. The molecule has 160 valence electrons. The van der Waals surface area contributed by atoms with E-state index in [0.29, 0.717) is 24.5 Å². The van der Waals surface area contributed by atoms with Crippen molar-refractivity contribution >= 4 is 15.7 Å². The summed E-state index contributed by atoms with van der Waals surface area (Å²) in [7, 11) is -3.62. The average molecular weight is 438 g/mol. The summed E-state index contributed by atoms with van der Waals surface area (Å²) in [5.74, 6) is 1.96. The van der Waals surface area contributed by atoms with E-state index in [0.717, 1.165) is 17.1 Å². The molecule has 7 nitrogen and oxygen atoms in total. The third kappa shape index (κ3) is 5.22. The van der Waals surface area contributed by atoms with Crippen LogP contribution in [0.3, 0.4) is 0 Å². The van der Waals surface area contributed by atoms with E-state index >= 15 is 0 Å². The van der Waals surface area contributed by atoms with Crippen LogP contribution in [0, 0.1) is 0 Å². The first-order valence-electron chi connectivity index (χ1n) is 9.96. The van der Waals surface area contributed by atoms with Gasteiger partial charge in [-0.15, -0.1) is 0 Å². The Morgan fingerprint density at radius 1 is 0.935 bits per heavy atom. The molecule has 0 saturated carbocycles. The standard InChI is InChI=1S/C23H23N3O4S/c1-2-29-19-6-8-20(9-7-19)30-21-10-12-22(13-11-21)31(27,28)24-15-14-18-17-26-16-4-3-5-23(26)25-18/h3-13,16-17,24H,2,14-15H2,1H3. The number of hydrogen-bond acceptors (Lipinski definition) is 5. The number of aromatic nitrogens is 2. The van der Waals surface area contributed by atoms with Gasteiger partial charge in [0.2, 0.25) is 10.0 Å². The van der Waals surface area contributed by atoms with Crippen LogP contribution in [-0.2, 0) is 16.4 Å². The minimum atomic E-state index is -3.62. The highest BCUT2D eigenvalue weighted by atomic mass is 32.2. The minimum Gasteiger partial charge on any atom is -0.494 e. The zero-order chi connectivity index (χ0) is 21.7. The smallest absolute Gasteiger partial charge is 0.240 e. The van der Waals surface area contributed by atoms with Gasteiger partial charge in [-0.2, -0.15) is 0 Å². The average Bonchev–Trinajstić information content (AvgIpc) is 3.18. The molecule has 0 amide bonds. The van der Waals surface area contributed by atoms with Gasteiger partial charge in [-0.3, -0.25) is 0 Å². The molecule has 0 atom stereocenters. The van der Waals surface area contributed by atoms with Crippen molar-refractivity contribution in [2.45, 2.75) is 18.2 Å². The van der Waals surface area contributed by atoms with Crippen LogP contribution in [0.5, 0.6) is 17.2 Å². The third-order valence-corrected chi connectivity index (χ3v) is 6.07. The highest BCUT2D eigenvalue weighted by Gasteiger charge is 2.14. The Bertz CT molecular complexity index is 1220. The quantitative estimate of drug-likeness (QED) is 0.427. The summed E-state index contributed by atoms with van der Waals surface area (Å²) in [5, 5.41) is 0. The van der Waals surface area contributed by atoms with Gasteiger partial charge in [0.1, 0.15) is 22.9 Å². The molecular weight excluding hydrogens is 414 g/mol. The van der Waals surface area contributed by atoms with E-state index in [1.807, 2.05) is 54.0 Å². The highest BCUT2D eigenvalue weighted by molar-refractivity contribution is 7.89. The Labute approximate surface area is 181 Å². The number of ether oxygens (including phenoxy) is 2. The second-order valence-corrected chi connectivity index (χ2v) is 8.59. The van der Waals surface area contributed by atoms with Gasteiger partial charge in [0, 0.05) is 25.4 Å². The molecule has 8 heteroatoms. The van der Waals surface area contributed by atoms with E-state index in [9.17, 15) is 8.42 Å². The zero-order valence-electron chi connectivity index (χ0n) is 17.1. The minimum absolute atomic E-state index is 0.182. The van der Waals surface area contributed by atoms with Crippen molar-refractivity contribution in [2.24, 2.45) is 0 Å². The molecule has 0 aliphatic heterocycles. The van der Waals surface area contributed by atoms with Crippen molar-refractivity contribution in [3.63, 3.8) is 0 Å². The van der Waals surface area contributed by atoms with E-state index in [4.69, 9.17) is 9.47 Å². The zero-order valence-corrected chi connectivity index (χ0v) is 17.9. The van der Waals surface area contributed by atoms with Gasteiger partial charge in [0.15, 0.2) is 0 Å². The Balaban J connectivity index is 1.34. The van der Waals surface area contributed by atoms with Crippen molar-refractivity contribution in [2.75, 3.05) is 13.2 Å². The number of pyridine rings is 1. The highest BCUT2D eigenvalue weighted by Crippen LogP contribution is 2.25. The number of fused-ring (bicyclic) bond motifs is 1. The lowest BCUT2D eigenvalue weighted by Gasteiger charge is -2.09. The Morgan fingerprint density at radius 3 is 2.29 bits per heavy atom. The summed E-state index contributed by atoms with van der Waals surface area (Å²) < 4.78 is 40.8. The third-order valence-electron chi connectivity index (χ3n) is 4.59. The number of nitrogens with zero attached hydrogens (tertiary/aromatic N) is 2. The van der Waals surface area contributed by atoms with Crippen molar-refractivity contribution in [3.8, 4) is 17.2 Å². The molecule has 0 fully saturated rings. The van der Waals surface area contributed by atoms with Gasteiger partial charge in [0.25, 0.3) is 0 Å². The Kier molecular flexibility index (Phi) is 6.20. The van der Waals surface area contributed by atoms with Crippen LogP contribution in [0.25, 0.3) is 5.65 Å². The Morgan fingerprint density at radius 2 is 1.61 bits per heavy atom. The van der Waals surface area contributed by atoms with Crippen molar-refractivity contribution in [1.29, 1.82) is 0 Å². The summed E-state index contributed by atoms with van der Waals surface area (Å²) >= 11 is 0. The first kappa shape index (κ1) is 20.9. The molecule has 0 aliphatic rings. The number of rotatable bonds is 9. The summed E-state index contributed by atoms with van der Waals surface area (Å²) in [4.78, 5) is 4.66. The molecule has 2 aromatic heterocycles. The normalized spacial score (nSPS) is 11.5. The lowest BCUT2D eigenvalue weighted by molar-refractivity contribution is 0.339. The van der Waals surface area contributed by atoms with Gasteiger partial charge in [0.05, 0.1) is 17.2 Å². The van der Waals surface area contributed by atoms with E-state index in [-0.39, 0.29) is 11.4 Å². The second kappa shape index (κ2) is 9.20. The molecule has 0 radical (unpaired) electrons. The van der Waals surface area contributed by atoms with Crippen LogP contribution in [0.2, 0.25) is 0 Å². The molecule has 0 bridgehead atoms. The molecule has 4 rings (SSSR count). The largest absolute Gasteiger partial charge is 0.494 e. The lowest BCUT2D eigenvalue weighted by atomic mass is 10.3. The first-order valence-corrected chi connectivity index (χ1v) is 11.4. The van der Waals surface area contributed by atoms with Crippen LogP contribution >= 0.6 is 0 Å². The topological polar surface area (TPSA) is 81.9 Å². The molecular formula is C23H23N3O4S. The number of hydrogen-bond donors (Lipinski definition) is 1. The van der Waals surface area contributed by atoms with Crippen LogP contribution < -0.4 is 14.2 Å². The first-order chi connectivity index (χ1) is 15.0. The van der Waals surface area contributed by atoms with Crippen molar-refractivity contribution in [3.05, 3.63) is 84.8 Å². The number of benzene rings is 2. The summed E-state index contributed by atoms with van der Waals surface area (Å²) in [6.07, 6.45) is 4.31. The fourth-order valence-corrected chi connectivity index (χ4v) is 4.13. The van der Waals surface area contributed by atoms with E-state index in [1.165, 1.54) is 12.1 Å². The lowest BCUT2D eigenvalue weighted by Crippen LogP contribution is -2.26. The molecule has 2 aromatic carbocycles. The number of nitrogens with one attached hydrogen (secondary N) is 1. The Hall–Kier alpha value is -3.36. The van der Waals surface area contributed by atoms with Crippen LogP contribution in [-0.4, -0.2) is 31.0 Å². The molecule has 4 aromatic rings. The molecule has 0 spiro atoms. The van der Waals surface area contributed by atoms with Crippen molar-refractivity contribution in [1.82, 2.24) is 14.1 Å². The number of imidazole rings is 1. The van der Waals surface area contributed by atoms with Gasteiger partial charge >= 0.3 is 0 Å². The summed E-state index contributed by atoms with van der Waals surface area (Å²) in [6, 6.07) is 19.3. The van der Waals surface area contributed by atoms with E-state index in [2.05, 4.69) is 9.71 Å². The summed E-state index contributed by atoms with van der Waals surface area (Å²) in [5.41, 5.74) is 1.66. The van der Waals surface area contributed by atoms with Crippen LogP contribution in [0.1, 0.15) is 12.6 Å². The van der Waals surface area contributed by atoms with Gasteiger partial charge in [-0.1, -0.05) is 6.07 Å². The monoisotopic (exact) mass is 437 g/mol. The van der Waals surface area contributed by atoms with Crippen molar-refractivity contribution < 1.29 is 17.9 Å². The van der Waals surface area contributed by atoms with Gasteiger partial charge in [-0.05, 0) is 67.6 Å². The predicted octanol–water partition coefficient (Wildman–Crippen LogP) is 4.05. The predicted molar refractivity (Wildman–Crippen MR) is 118 cm³/mol. The maximum absolute atomic E-state index is 12.6. The molecule has 0 aliphatic carbocycles. The van der Waals surface area contributed by atoms with Gasteiger partial charge in [-0.25, -0.2) is 18.1 Å². The van der Waals surface area contributed by atoms with Crippen LogP contribution in [0.15, 0.2) is 84.0 Å². The second-order valence-electron chi connectivity index (χ2n) is 6.82.